The van der Waals surface area contributed by atoms with Crippen LogP contribution in [0.4, 0.5) is 4.39 Å². The molecule has 2 aliphatic carbocycles. The highest BCUT2D eigenvalue weighted by molar-refractivity contribution is 6.30. The molecule has 2 nitrogen and oxygen atoms in total. The number of Topliss-reactive ketones (excluding diaryl/α,β-unsaturated/α-hetero) is 1. The Balaban J connectivity index is 1.77. The second kappa shape index (κ2) is 4.23. The van der Waals surface area contributed by atoms with Crippen molar-refractivity contribution in [2.75, 3.05) is 0 Å². The van der Waals surface area contributed by atoms with Gasteiger partial charge in [-0.3, -0.25) is 4.79 Å². The molecule has 18 heavy (non-hydrogen) atoms. The van der Waals surface area contributed by atoms with Gasteiger partial charge in [0.2, 0.25) is 0 Å². The van der Waals surface area contributed by atoms with E-state index in [2.05, 4.69) is 0 Å². The zero-order valence-electron chi connectivity index (χ0n) is 9.92. The zero-order valence-corrected chi connectivity index (χ0v) is 10.7. The first-order chi connectivity index (χ1) is 8.62. The molecular weight excluding hydrogens is 255 g/mol. The highest BCUT2D eigenvalue weighted by Gasteiger charge is 2.57. The minimum absolute atomic E-state index is 0.0858. The van der Waals surface area contributed by atoms with Crippen LogP contribution in [-0.2, 0) is 4.79 Å². The van der Waals surface area contributed by atoms with Crippen LogP contribution < -0.4 is 4.74 Å². The Morgan fingerprint density at radius 3 is 2.67 bits per heavy atom. The normalized spacial score (nSPS) is 25.2. The average molecular weight is 269 g/mol. The van der Waals surface area contributed by atoms with Crippen molar-refractivity contribution in [2.24, 2.45) is 5.41 Å². The molecule has 0 amide bonds. The molecule has 1 aromatic rings. The van der Waals surface area contributed by atoms with Gasteiger partial charge < -0.3 is 4.74 Å². The Labute approximate surface area is 110 Å². The van der Waals surface area contributed by atoms with Crippen LogP contribution in [0.5, 0.6) is 5.75 Å². The minimum Gasteiger partial charge on any atom is -0.489 e. The van der Waals surface area contributed by atoms with Gasteiger partial charge in [-0.1, -0.05) is 24.4 Å². The van der Waals surface area contributed by atoms with E-state index >= 15 is 0 Å². The molecule has 3 rings (SSSR count). The number of hydrogen-bond donors (Lipinski definition) is 0. The van der Waals surface area contributed by atoms with Crippen LogP contribution in [0.2, 0.25) is 5.02 Å². The van der Waals surface area contributed by atoms with E-state index in [1.165, 1.54) is 12.1 Å². The van der Waals surface area contributed by atoms with Crippen molar-refractivity contribution in [3.8, 4) is 5.75 Å². The summed E-state index contributed by atoms with van der Waals surface area (Å²) in [5, 5.41) is 0.0858. The summed E-state index contributed by atoms with van der Waals surface area (Å²) in [6, 6.07) is 4.42. The Morgan fingerprint density at radius 2 is 2.06 bits per heavy atom. The molecular formula is C14H14ClFO2. The lowest BCUT2D eigenvalue weighted by atomic mass is 9.63. The average Bonchev–Trinajstić information content (AvgIpc) is 2.85. The molecule has 0 aliphatic heterocycles. The maximum absolute atomic E-state index is 13.3. The van der Waals surface area contributed by atoms with E-state index in [0.717, 1.165) is 25.7 Å². The van der Waals surface area contributed by atoms with Crippen molar-refractivity contribution >= 4 is 17.4 Å². The standard InChI is InChI=1S/C14H14ClFO2/c15-10-4-3-9(7-11(10)16)18-13-8-12(17)14(13)5-1-2-6-14/h3-4,7,13H,1-2,5-6,8H2. The van der Waals surface area contributed by atoms with E-state index in [4.69, 9.17) is 16.3 Å². The quantitative estimate of drug-likeness (QED) is 0.816. The van der Waals surface area contributed by atoms with E-state index in [1.54, 1.807) is 6.07 Å². The second-order valence-corrected chi connectivity index (χ2v) is 5.58. The molecule has 96 valence electrons. The van der Waals surface area contributed by atoms with E-state index in [0.29, 0.717) is 18.0 Å². The predicted octanol–water partition coefficient (Wildman–Crippen LogP) is 3.76. The number of halogens is 2. The Morgan fingerprint density at radius 1 is 1.33 bits per heavy atom. The first-order valence-corrected chi connectivity index (χ1v) is 6.65. The molecule has 2 aliphatic rings. The second-order valence-electron chi connectivity index (χ2n) is 5.17. The van der Waals surface area contributed by atoms with Crippen molar-refractivity contribution in [3.63, 3.8) is 0 Å². The Bertz CT molecular complexity index is 495. The smallest absolute Gasteiger partial charge is 0.146 e. The molecule has 0 heterocycles. The van der Waals surface area contributed by atoms with Gasteiger partial charge in [-0.25, -0.2) is 4.39 Å². The summed E-state index contributed by atoms with van der Waals surface area (Å²) in [7, 11) is 0. The van der Waals surface area contributed by atoms with Crippen LogP contribution in [-0.4, -0.2) is 11.9 Å². The molecule has 2 fully saturated rings. The van der Waals surface area contributed by atoms with Crippen molar-refractivity contribution in [2.45, 2.75) is 38.2 Å². The largest absolute Gasteiger partial charge is 0.489 e. The lowest BCUT2D eigenvalue weighted by Crippen LogP contribution is -2.55. The summed E-state index contributed by atoms with van der Waals surface area (Å²) in [5.74, 6) is 0.278. The highest BCUT2D eigenvalue weighted by Crippen LogP contribution is 2.52. The Kier molecular flexibility index (Phi) is 2.81. The molecule has 1 unspecified atom stereocenters. The third kappa shape index (κ3) is 1.72. The number of carbonyl (C=O) groups excluding carboxylic acids is 1. The van der Waals surface area contributed by atoms with Crippen molar-refractivity contribution < 1.29 is 13.9 Å². The van der Waals surface area contributed by atoms with Gasteiger partial charge in [-0.15, -0.1) is 0 Å². The number of benzene rings is 1. The highest BCUT2D eigenvalue weighted by atomic mass is 35.5. The molecule has 4 heteroatoms. The first kappa shape index (κ1) is 12.0. The summed E-state index contributed by atoms with van der Waals surface area (Å²) < 4.78 is 19.1. The fourth-order valence-corrected chi connectivity index (χ4v) is 3.21. The van der Waals surface area contributed by atoms with Crippen LogP contribution in [0.15, 0.2) is 18.2 Å². The maximum atomic E-state index is 13.3. The van der Waals surface area contributed by atoms with Gasteiger partial charge in [-0.05, 0) is 25.0 Å². The van der Waals surface area contributed by atoms with Gasteiger partial charge in [-0.2, -0.15) is 0 Å². The molecule has 1 spiro atoms. The van der Waals surface area contributed by atoms with Gasteiger partial charge in [0.05, 0.1) is 10.4 Å². The number of carbonyl (C=O) groups is 1. The SMILES string of the molecule is O=C1CC(Oc2ccc(Cl)c(F)c2)C12CCCC2. The number of ketones is 1. The lowest BCUT2D eigenvalue weighted by molar-refractivity contribution is -0.151. The molecule has 0 aromatic heterocycles. The summed E-state index contributed by atoms with van der Waals surface area (Å²) in [4.78, 5) is 11.8. The zero-order chi connectivity index (χ0) is 12.8. The third-order valence-electron chi connectivity index (χ3n) is 4.21. The summed E-state index contributed by atoms with van der Waals surface area (Å²) in [5.41, 5.74) is -0.282. The number of hydrogen-bond acceptors (Lipinski definition) is 2. The van der Waals surface area contributed by atoms with E-state index in [1.807, 2.05) is 0 Å². The number of rotatable bonds is 2. The van der Waals surface area contributed by atoms with Gasteiger partial charge in [0.25, 0.3) is 0 Å². The van der Waals surface area contributed by atoms with E-state index < -0.39 is 5.82 Å². The molecule has 1 atom stereocenters. The molecule has 2 saturated carbocycles. The van der Waals surface area contributed by atoms with Gasteiger partial charge in [0.15, 0.2) is 0 Å². The summed E-state index contributed by atoms with van der Waals surface area (Å²) in [6.07, 6.45) is 4.35. The fraction of sp³-hybridized carbons (Fsp3) is 0.500. The molecule has 0 bridgehead atoms. The molecule has 1 aromatic carbocycles. The maximum Gasteiger partial charge on any atom is 0.146 e. The molecule has 0 N–H and O–H groups in total. The van der Waals surface area contributed by atoms with Crippen LogP contribution in [0.3, 0.4) is 0 Å². The molecule has 0 saturated heterocycles. The first-order valence-electron chi connectivity index (χ1n) is 6.27. The van der Waals surface area contributed by atoms with Gasteiger partial charge in [0, 0.05) is 12.5 Å². The minimum atomic E-state index is -0.486. The summed E-state index contributed by atoms with van der Waals surface area (Å²) in [6.45, 7) is 0. The van der Waals surface area contributed by atoms with Crippen LogP contribution in [0.25, 0.3) is 0 Å². The van der Waals surface area contributed by atoms with Crippen molar-refractivity contribution in [3.05, 3.63) is 29.0 Å². The lowest BCUT2D eigenvalue weighted by Gasteiger charge is -2.44. The van der Waals surface area contributed by atoms with Crippen LogP contribution in [0.1, 0.15) is 32.1 Å². The van der Waals surface area contributed by atoms with E-state index in [9.17, 15) is 9.18 Å². The van der Waals surface area contributed by atoms with Gasteiger partial charge in [0.1, 0.15) is 23.5 Å². The third-order valence-corrected chi connectivity index (χ3v) is 4.51. The fourth-order valence-electron chi connectivity index (χ4n) is 3.09. The van der Waals surface area contributed by atoms with Crippen LogP contribution >= 0.6 is 11.6 Å². The van der Waals surface area contributed by atoms with Crippen molar-refractivity contribution in [1.29, 1.82) is 0 Å². The van der Waals surface area contributed by atoms with Crippen LogP contribution in [0, 0.1) is 11.2 Å². The predicted molar refractivity (Wildman–Crippen MR) is 66.4 cm³/mol. The summed E-state index contributed by atoms with van der Waals surface area (Å²) >= 11 is 5.62. The topological polar surface area (TPSA) is 26.3 Å². The Hall–Kier alpha value is -1.09. The van der Waals surface area contributed by atoms with Crippen molar-refractivity contribution in [1.82, 2.24) is 0 Å². The van der Waals surface area contributed by atoms with Gasteiger partial charge >= 0.3 is 0 Å². The monoisotopic (exact) mass is 268 g/mol. The molecule has 0 radical (unpaired) electrons. The van der Waals surface area contributed by atoms with E-state index in [-0.39, 0.29) is 16.5 Å². The number of ether oxygens (including phenoxy) is 1.